The Labute approximate surface area is 353 Å². The van der Waals surface area contributed by atoms with E-state index in [2.05, 4.69) is 46.2 Å². The molecule has 0 aliphatic carbocycles. The van der Waals surface area contributed by atoms with E-state index < -0.39 is 107 Å². The summed E-state index contributed by atoms with van der Waals surface area (Å²) < 4.78 is 4.70. The number of carbonyl (C=O) groups is 6. The molecule has 1 heterocycles. The molecule has 0 bridgehead atoms. The number of guanidine groups is 4. The van der Waals surface area contributed by atoms with Gasteiger partial charge in [0.15, 0.2) is 29.4 Å². The lowest BCUT2D eigenvalue weighted by Gasteiger charge is -2.30. The first-order valence-corrected chi connectivity index (χ1v) is 17.7. The number of hydrogen-bond acceptors (Lipinski definition) is 17. The molecule has 0 aliphatic rings. The molecule has 0 saturated carbocycles. The highest BCUT2D eigenvalue weighted by Crippen LogP contribution is 2.32. The fourth-order valence-corrected chi connectivity index (χ4v) is 5.23. The normalized spacial score (nSPS) is 13.4. The van der Waals surface area contributed by atoms with Crippen molar-refractivity contribution in [1.29, 1.82) is 0 Å². The molecule has 0 aliphatic heterocycles. The van der Waals surface area contributed by atoms with Gasteiger partial charge in [0.05, 0.1) is 10.6 Å². The van der Waals surface area contributed by atoms with E-state index in [9.17, 15) is 44.0 Å². The Morgan fingerprint density at radius 2 is 1.11 bits per heavy atom. The minimum Gasteiger partial charge on any atom is -0.370 e. The number of amides is 6. The molecule has 0 radical (unpaired) electrons. The highest BCUT2D eigenvalue weighted by Gasteiger charge is 2.35. The number of carbonyl (C=O) groups excluding carboxylic acids is 6. The summed E-state index contributed by atoms with van der Waals surface area (Å²) in [7, 11) is 0. The van der Waals surface area contributed by atoms with E-state index in [1.165, 1.54) is 30.3 Å². The van der Waals surface area contributed by atoms with Gasteiger partial charge in [0.2, 0.25) is 42.3 Å². The molecule has 3 rings (SSSR count). The quantitative estimate of drug-likeness (QED) is 0.0155. The number of fused-ring (bicyclic) bond motifs is 1. The number of nitrogens with zero attached hydrogens (tertiary/aromatic N) is 8. The van der Waals surface area contributed by atoms with Gasteiger partial charge in [-0.3, -0.25) is 38.9 Å². The molecule has 0 spiro atoms. The molecule has 2 aromatic carbocycles. The zero-order chi connectivity index (χ0) is 47.1. The van der Waals surface area contributed by atoms with Crippen LogP contribution >= 0.6 is 0 Å². The number of aliphatic hydroxyl groups is 1. The Hall–Kier alpha value is -9.10. The van der Waals surface area contributed by atoms with E-state index >= 15 is 0 Å². The molecule has 32 nitrogen and oxygen atoms in total. The van der Waals surface area contributed by atoms with Crippen LogP contribution in [0.15, 0.2) is 67.1 Å². The lowest BCUT2D eigenvalue weighted by molar-refractivity contribution is -0.383. The van der Waals surface area contributed by atoms with Crippen molar-refractivity contribution in [2.45, 2.75) is 50.3 Å². The number of nitro groups is 1. The average molecular weight is 885 g/mol. The van der Waals surface area contributed by atoms with Crippen molar-refractivity contribution in [3.8, 4) is 0 Å². The van der Waals surface area contributed by atoms with Crippen LogP contribution in [0.5, 0.6) is 0 Å². The number of aliphatic imine (C=N–C) groups is 4. The SMILES string of the molecule is CCCN(c1ccc([N+](=O)[O-])c2nonc12)C(O)C(=O)NC(C(=O)NC(N=C(N)N)C(=O)NC(N=C(N)N)C(=O)NC(N=C(N)N)C(=O)NC(N=C(N)N)C(N)=O)c1ccccc1. The van der Waals surface area contributed by atoms with Crippen LogP contribution < -0.4 is 83.1 Å². The zero-order valence-corrected chi connectivity index (χ0v) is 32.8. The highest BCUT2D eigenvalue weighted by molar-refractivity contribution is 6.00. The fraction of sp³-hybridized carbons (Fsp3) is 0.290. The second kappa shape index (κ2) is 21.8. The number of nitrogens with two attached hydrogens (primary N) is 9. The molecular weight excluding hydrogens is 840 g/mol. The maximum Gasteiger partial charge on any atom is 0.300 e. The lowest BCUT2D eigenvalue weighted by atomic mass is 10.1. The summed E-state index contributed by atoms with van der Waals surface area (Å²) in [5.74, 6) is -10.8. The Bertz CT molecular complexity index is 2300. The second-order valence-electron chi connectivity index (χ2n) is 12.5. The third-order valence-corrected chi connectivity index (χ3v) is 7.80. The van der Waals surface area contributed by atoms with E-state index in [4.69, 9.17) is 56.2 Å². The van der Waals surface area contributed by atoms with Crippen LogP contribution in [0.2, 0.25) is 0 Å². The number of nitro benzene ring substituents is 1. The molecular formula is C31H44N22O10. The van der Waals surface area contributed by atoms with E-state index in [0.717, 1.165) is 11.0 Å². The Morgan fingerprint density at radius 1 is 0.667 bits per heavy atom. The van der Waals surface area contributed by atoms with Crippen molar-refractivity contribution in [1.82, 2.24) is 36.9 Å². The summed E-state index contributed by atoms with van der Waals surface area (Å²) in [6.07, 6.45) is -10.0. The minimum atomic E-state index is -2.17. The predicted octanol–water partition coefficient (Wildman–Crippen LogP) is -8.13. The minimum absolute atomic E-state index is 0.0111. The van der Waals surface area contributed by atoms with Crippen LogP contribution in [0.1, 0.15) is 24.9 Å². The van der Waals surface area contributed by atoms with Gasteiger partial charge in [-0.25, -0.2) is 24.6 Å². The smallest absolute Gasteiger partial charge is 0.300 e. The Morgan fingerprint density at radius 3 is 1.56 bits per heavy atom. The van der Waals surface area contributed by atoms with Crippen molar-refractivity contribution < 1.29 is 43.4 Å². The second-order valence-corrected chi connectivity index (χ2v) is 12.5. The van der Waals surface area contributed by atoms with Crippen molar-refractivity contribution in [3.63, 3.8) is 0 Å². The van der Waals surface area contributed by atoms with E-state index in [1.54, 1.807) is 13.0 Å². The number of primary amides is 1. The van der Waals surface area contributed by atoms with Crippen LogP contribution in [0.3, 0.4) is 0 Å². The van der Waals surface area contributed by atoms with E-state index in [0.29, 0.717) is 6.42 Å². The molecule has 1 aromatic heterocycles. The number of benzene rings is 2. The van der Waals surface area contributed by atoms with Crippen LogP contribution in [0, 0.1) is 10.1 Å². The first-order chi connectivity index (χ1) is 29.6. The average Bonchev–Trinajstić information content (AvgIpc) is 3.70. The molecule has 32 heteroatoms. The van der Waals surface area contributed by atoms with E-state index in [1.807, 2.05) is 10.6 Å². The number of non-ortho nitro benzene ring substituents is 1. The third kappa shape index (κ3) is 13.5. The van der Waals surface area contributed by atoms with E-state index in [-0.39, 0.29) is 28.8 Å². The summed E-state index contributed by atoms with van der Waals surface area (Å²) >= 11 is 0. The molecule has 3 aromatic rings. The number of nitrogens with one attached hydrogen (secondary N) is 5. The summed E-state index contributed by atoms with van der Waals surface area (Å²) in [6, 6.07) is 7.96. The van der Waals surface area contributed by atoms with Gasteiger partial charge >= 0.3 is 5.69 Å². The maximum atomic E-state index is 14.0. The van der Waals surface area contributed by atoms with Crippen LogP contribution in [0.4, 0.5) is 11.4 Å². The molecule has 0 fully saturated rings. The van der Waals surface area contributed by atoms with Gasteiger partial charge in [0.1, 0.15) is 6.04 Å². The van der Waals surface area contributed by atoms with Crippen LogP contribution in [-0.2, 0) is 28.8 Å². The summed E-state index contributed by atoms with van der Waals surface area (Å²) in [4.78, 5) is 106. The first kappa shape index (κ1) is 48.3. The van der Waals surface area contributed by atoms with Crippen LogP contribution in [0.25, 0.3) is 11.0 Å². The van der Waals surface area contributed by atoms with Gasteiger partial charge in [-0.2, -0.15) is 0 Å². The maximum absolute atomic E-state index is 14.0. The number of aromatic nitrogens is 2. The molecule has 6 unspecified atom stereocenters. The lowest BCUT2D eigenvalue weighted by Crippen LogP contribution is -2.58. The van der Waals surface area contributed by atoms with Crippen LogP contribution in [-0.4, -0.2) is 117 Å². The van der Waals surface area contributed by atoms with Crippen molar-refractivity contribution in [2.75, 3.05) is 11.4 Å². The Balaban J connectivity index is 1.94. The monoisotopic (exact) mass is 884 g/mol. The third-order valence-electron chi connectivity index (χ3n) is 7.80. The van der Waals surface area contributed by atoms with Crippen molar-refractivity contribution >= 4 is 81.7 Å². The van der Waals surface area contributed by atoms with Gasteiger partial charge in [0, 0.05) is 12.6 Å². The molecule has 0 saturated heterocycles. The zero-order valence-electron chi connectivity index (χ0n) is 32.8. The number of hydrogen-bond donors (Lipinski definition) is 15. The molecule has 338 valence electrons. The molecule has 24 N–H and O–H groups in total. The standard InChI is InChI=1S/C31H44N22O10/c1-2-10-52(12-8-9-13(53(61)62)16-15(12)50-63-51-16)27(60)26(59)41-14(11-6-4-3-5-7-11)22(55)43-19(47-29(35)36)24(57)45-21(49-31(39)40)25(58)44-20(48-30(37)38)23(56)42-18(17(32)54)46-28(33)34/h3-9,14,18-21,27,60H,2,10H2,1H3,(H2,32,54)(H,41,59)(H,42,56)(H,43,55)(H,44,58)(H,45,57)(H4,33,34,46)(H4,35,36,47)(H4,37,38,48)(H4,39,40,49). The Kier molecular flexibility index (Phi) is 16.7. The summed E-state index contributed by atoms with van der Waals surface area (Å²) in [5, 5.41) is 40.8. The molecule has 63 heavy (non-hydrogen) atoms. The number of aliphatic hydroxyl groups excluding tert-OH is 1. The number of rotatable bonds is 21. The largest absolute Gasteiger partial charge is 0.370 e. The molecule has 6 atom stereocenters. The van der Waals surface area contributed by atoms with Gasteiger partial charge in [-0.05, 0) is 28.4 Å². The summed E-state index contributed by atoms with van der Waals surface area (Å²) in [6.45, 7) is 1.67. The topological polar surface area (TPSA) is 552 Å². The van der Waals surface area contributed by atoms with Crippen molar-refractivity contribution in [3.05, 3.63) is 58.1 Å². The predicted molar refractivity (Wildman–Crippen MR) is 220 cm³/mol. The highest BCUT2D eigenvalue weighted by atomic mass is 16.6. The first-order valence-electron chi connectivity index (χ1n) is 17.7. The van der Waals surface area contributed by atoms with Gasteiger partial charge in [0.25, 0.3) is 29.5 Å². The summed E-state index contributed by atoms with van der Waals surface area (Å²) in [5.41, 5.74) is 47.7. The van der Waals surface area contributed by atoms with Gasteiger partial charge < -0.3 is 88.2 Å². The fourth-order valence-electron chi connectivity index (χ4n) is 5.23. The number of anilines is 1. The van der Waals surface area contributed by atoms with Gasteiger partial charge in [-0.1, -0.05) is 37.3 Å². The van der Waals surface area contributed by atoms with Gasteiger partial charge in [-0.15, -0.1) is 0 Å². The molecule has 6 amide bonds. The van der Waals surface area contributed by atoms with Crippen molar-refractivity contribution in [2.24, 2.45) is 71.6 Å².